The monoisotopic (exact) mass is 664 g/mol. The van der Waals surface area contributed by atoms with Crippen molar-refractivity contribution in [2.45, 2.75) is 79.8 Å². The first-order valence-corrected chi connectivity index (χ1v) is 16.4. The average Bonchev–Trinajstić information content (AvgIpc) is 3.71. The third-order valence-corrected chi connectivity index (χ3v) is 8.76. The van der Waals surface area contributed by atoms with Crippen LogP contribution in [0.15, 0.2) is 36.4 Å². The van der Waals surface area contributed by atoms with Crippen LogP contribution in [0, 0.1) is 13.8 Å². The summed E-state index contributed by atoms with van der Waals surface area (Å²) in [4.78, 5) is 54.2. The molecule has 2 N–H and O–H groups in total. The summed E-state index contributed by atoms with van der Waals surface area (Å²) in [6.07, 6.45) is 4.52. The van der Waals surface area contributed by atoms with E-state index in [1.807, 2.05) is 72.7 Å². The number of esters is 3. The molecule has 49 heavy (non-hydrogen) atoms. The summed E-state index contributed by atoms with van der Waals surface area (Å²) in [5.74, 6) is -1.03. The van der Waals surface area contributed by atoms with Crippen LogP contribution in [0.25, 0.3) is 50.4 Å². The molecule has 0 aliphatic carbocycles. The Kier molecular flexibility index (Phi) is 10.1. The van der Waals surface area contributed by atoms with Crippen LogP contribution >= 0.6 is 0 Å². The van der Waals surface area contributed by atoms with E-state index in [1.54, 1.807) is 6.08 Å². The highest BCUT2D eigenvalue weighted by Gasteiger charge is 2.23. The number of aromatic nitrogens is 4. The lowest BCUT2D eigenvalue weighted by molar-refractivity contribution is -0.148. The minimum absolute atomic E-state index is 0.194. The van der Waals surface area contributed by atoms with Crippen LogP contribution in [-0.4, -0.2) is 57.7 Å². The predicted octanol–water partition coefficient (Wildman–Crippen LogP) is 8.05. The van der Waals surface area contributed by atoms with Gasteiger partial charge in [0.15, 0.2) is 0 Å². The topological polar surface area (TPSA) is 136 Å². The molecule has 10 heteroatoms. The Morgan fingerprint density at radius 1 is 0.714 bits per heavy atom. The molecule has 10 nitrogen and oxygen atoms in total. The molecule has 256 valence electrons. The maximum atomic E-state index is 12.7. The molecular weight excluding hydrogens is 620 g/mol. The van der Waals surface area contributed by atoms with Crippen molar-refractivity contribution in [3.8, 4) is 0 Å². The molecule has 0 amide bonds. The van der Waals surface area contributed by atoms with Gasteiger partial charge in [0.1, 0.15) is 5.60 Å². The molecule has 3 aromatic rings. The second-order valence-corrected chi connectivity index (χ2v) is 13.4. The molecule has 0 atom stereocenters. The number of rotatable bonds is 8. The molecule has 0 radical (unpaired) electrons. The number of methoxy groups -OCH3 is 2. The SMILES string of the molecule is COC(=O)CCC1=C(C)c2cc3cc(C)c(cc4[nH]c(cc5nc(cc1n2)C(CCC(=O)OC)=C5C)c(C)c4/C=C/C(=O)OC(C)(C)C)[nH]3. The number of H-pyrrole nitrogens is 2. The largest absolute Gasteiger partial charge is 0.469 e. The third kappa shape index (κ3) is 7.91. The molecule has 3 aromatic heterocycles. The van der Waals surface area contributed by atoms with E-state index < -0.39 is 11.6 Å². The second kappa shape index (κ2) is 14.1. The summed E-state index contributed by atoms with van der Waals surface area (Å²) in [5.41, 5.74) is 12.3. The van der Waals surface area contributed by atoms with Gasteiger partial charge < -0.3 is 24.2 Å². The molecule has 5 rings (SSSR count). The van der Waals surface area contributed by atoms with Gasteiger partial charge in [0.2, 0.25) is 0 Å². The van der Waals surface area contributed by atoms with Gasteiger partial charge in [-0.25, -0.2) is 14.8 Å². The van der Waals surface area contributed by atoms with E-state index in [2.05, 4.69) is 16.0 Å². The minimum Gasteiger partial charge on any atom is -0.469 e. The van der Waals surface area contributed by atoms with Crippen molar-refractivity contribution < 1.29 is 28.6 Å². The number of nitrogens with zero attached hydrogens (tertiary/aromatic N) is 2. The highest BCUT2D eigenvalue weighted by atomic mass is 16.6. The van der Waals surface area contributed by atoms with Gasteiger partial charge in [0, 0.05) is 46.5 Å². The Labute approximate surface area is 286 Å². The molecule has 8 bridgehead atoms. The summed E-state index contributed by atoms with van der Waals surface area (Å²) < 4.78 is 15.4. The Balaban J connectivity index is 1.81. The van der Waals surface area contributed by atoms with Gasteiger partial charge >= 0.3 is 17.9 Å². The van der Waals surface area contributed by atoms with Crippen LogP contribution in [0.4, 0.5) is 0 Å². The van der Waals surface area contributed by atoms with Crippen LogP contribution in [0.1, 0.15) is 99.8 Å². The zero-order chi connectivity index (χ0) is 35.6. The Morgan fingerprint density at radius 3 is 1.84 bits per heavy atom. The van der Waals surface area contributed by atoms with Crippen molar-refractivity contribution >= 4 is 68.3 Å². The zero-order valence-corrected chi connectivity index (χ0v) is 29.7. The predicted molar refractivity (Wildman–Crippen MR) is 193 cm³/mol. The standard InChI is InChI=1S/C39H44N4O6/c1-21-16-25-17-30-22(2)26(10-13-36(44)47-8)34(41-30)20-35-27(11-14-37(45)48-9)23(3)32(43-35)19-31-24(4)28(33(42-31)18-29(21)40-25)12-15-38(46)49-39(5,6)7/h12,15-20,40,42H,10-11,13-14H2,1-9H3/b15-12+,25-17?,29-18?,30-17?,31-19?,32-19?,33-18?,34-20?,35-20?. The van der Waals surface area contributed by atoms with Crippen LogP contribution in [-0.2, 0) is 28.6 Å². The number of hydrogen-bond donors (Lipinski definition) is 2. The lowest BCUT2D eigenvalue weighted by Crippen LogP contribution is -2.22. The number of aromatic amines is 2. The van der Waals surface area contributed by atoms with Crippen molar-refractivity contribution in [2.24, 2.45) is 0 Å². The number of hydrogen-bond acceptors (Lipinski definition) is 8. The molecule has 5 heterocycles. The Morgan fingerprint density at radius 2 is 1.29 bits per heavy atom. The molecule has 0 spiro atoms. The molecule has 0 saturated carbocycles. The zero-order valence-electron chi connectivity index (χ0n) is 29.7. The van der Waals surface area contributed by atoms with Crippen molar-refractivity contribution in [1.82, 2.24) is 19.9 Å². The van der Waals surface area contributed by atoms with Gasteiger partial charge in [-0.15, -0.1) is 0 Å². The van der Waals surface area contributed by atoms with Crippen molar-refractivity contribution in [1.29, 1.82) is 0 Å². The van der Waals surface area contributed by atoms with E-state index in [0.717, 1.165) is 72.4 Å². The van der Waals surface area contributed by atoms with Gasteiger partial charge in [-0.3, -0.25) is 9.59 Å². The van der Waals surface area contributed by atoms with E-state index in [4.69, 9.17) is 24.2 Å². The Bertz CT molecular complexity index is 2100. The molecular formula is C39H44N4O6. The van der Waals surface area contributed by atoms with Gasteiger partial charge in [-0.2, -0.15) is 0 Å². The van der Waals surface area contributed by atoms with Crippen LogP contribution in [0.3, 0.4) is 0 Å². The molecule has 0 aromatic carbocycles. The molecule has 2 aliphatic rings. The second-order valence-electron chi connectivity index (χ2n) is 13.4. The number of nitrogens with one attached hydrogen (secondary N) is 2. The first-order valence-electron chi connectivity index (χ1n) is 16.4. The fourth-order valence-electron chi connectivity index (χ4n) is 6.06. The molecule has 2 aliphatic heterocycles. The Hall–Kier alpha value is -5.25. The summed E-state index contributed by atoms with van der Waals surface area (Å²) in [6, 6.07) is 10.0. The number of carbonyl (C=O) groups is 3. The first-order chi connectivity index (χ1) is 23.2. The van der Waals surface area contributed by atoms with Crippen LogP contribution in [0.2, 0.25) is 0 Å². The molecule has 0 saturated heterocycles. The van der Waals surface area contributed by atoms with Gasteiger partial charge in [-0.1, -0.05) is 0 Å². The van der Waals surface area contributed by atoms with Crippen LogP contribution < -0.4 is 0 Å². The number of fused-ring (bicyclic) bond motifs is 8. The fraction of sp³-hybridized carbons (Fsp3) is 0.359. The minimum atomic E-state index is -0.612. The normalized spacial score (nSPS) is 13.3. The molecule has 0 fully saturated rings. The van der Waals surface area contributed by atoms with Crippen molar-refractivity contribution in [2.75, 3.05) is 14.2 Å². The highest BCUT2D eigenvalue weighted by Crippen LogP contribution is 2.38. The van der Waals surface area contributed by atoms with Gasteiger partial charge in [-0.05, 0) is 131 Å². The maximum Gasteiger partial charge on any atom is 0.331 e. The van der Waals surface area contributed by atoms with E-state index in [0.29, 0.717) is 24.2 Å². The smallest absolute Gasteiger partial charge is 0.331 e. The van der Waals surface area contributed by atoms with Crippen LogP contribution in [0.5, 0.6) is 0 Å². The first kappa shape index (κ1) is 35.1. The van der Waals surface area contributed by atoms with E-state index in [9.17, 15) is 14.4 Å². The summed E-state index contributed by atoms with van der Waals surface area (Å²) in [7, 11) is 2.77. The number of aryl methyl sites for hydroxylation is 2. The molecule has 0 unspecified atom stereocenters. The van der Waals surface area contributed by atoms with E-state index in [1.165, 1.54) is 20.3 Å². The van der Waals surface area contributed by atoms with Gasteiger partial charge in [0.25, 0.3) is 0 Å². The number of carbonyl (C=O) groups excluding carboxylic acids is 3. The highest BCUT2D eigenvalue weighted by molar-refractivity contribution is 5.97. The summed E-state index contributed by atoms with van der Waals surface area (Å²) in [6.45, 7) is 13.5. The third-order valence-electron chi connectivity index (χ3n) is 8.76. The van der Waals surface area contributed by atoms with Crippen molar-refractivity contribution in [3.63, 3.8) is 0 Å². The number of allylic oxidation sites excluding steroid dienone is 4. The van der Waals surface area contributed by atoms with E-state index >= 15 is 0 Å². The van der Waals surface area contributed by atoms with E-state index in [-0.39, 0.29) is 24.8 Å². The quantitative estimate of drug-likeness (QED) is 0.140. The van der Waals surface area contributed by atoms with Gasteiger partial charge in [0.05, 0.1) is 37.0 Å². The lowest BCUT2D eigenvalue weighted by Gasteiger charge is -2.17. The fourth-order valence-corrected chi connectivity index (χ4v) is 6.06. The van der Waals surface area contributed by atoms with Crippen molar-refractivity contribution in [3.05, 3.63) is 75.9 Å². The summed E-state index contributed by atoms with van der Waals surface area (Å²) >= 11 is 0. The average molecular weight is 665 g/mol. The lowest BCUT2D eigenvalue weighted by atomic mass is 9.98. The summed E-state index contributed by atoms with van der Waals surface area (Å²) in [5, 5.41) is 0. The maximum absolute atomic E-state index is 12.7. The number of ether oxygens (including phenoxy) is 3.